The first-order valence-electron chi connectivity index (χ1n) is 29.6. The molecule has 2 bridgehead atoms. The van der Waals surface area contributed by atoms with Gasteiger partial charge in [-0.15, -0.1) is 17.8 Å². The number of hydrogen-bond acceptors (Lipinski definition) is 17. The number of aliphatic hydroxyl groups excluding tert-OH is 1. The van der Waals surface area contributed by atoms with Crippen molar-refractivity contribution in [2.45, 2.75) is 116 Å². The molecule has 4 aromatic heterocycles. The summed E-state index contributed by atoms with van der Waals surface area (Å²) in [6, 6.07) is 13.6. The first kappa shape index (κ1) is 58.4. The van der Waals surface area contributed by atoms with Gasteiger partial charge < -0.3 is 44.2 Å². The minimum Gasteiger partial charge on any atom is -0.508 e. The predicted octanol–water partition coefficient (Wildman–Crippen LogP) is 9.23. The maximum Gasteiger partial charge on any atom is 0.410 e. The number of hydrogen-bond donors (Lipinski definition) is 3. The summed E-state index contributed by atoms with van der Waals surface area (Å²) in [7, 11) is 0. The number of rotatable bonds is 14. The van der Waals surface area contributed by atoms with Gasteiger partial charge in [0.15, 0.2) is 17.4 Å². The van der Waals surface area contributed by atoms with E-state index in [0.717, 1.165) is 60.6 Å². The molecule has 9 heterocycles. The first-order valence-corrected chi connectivity index (χ1v) is 30.5. The number of pyridine rings is 1. The van der Waals surface area contributed by atoms with E-state index in [-0.39, 0.29) is 107 Å². The number of likely N-dealkylation sites (tertiary alicyclic amines) is 2. The van der Waals surface area contributed by atoms with Crippen molar-refractivity contribution < 1.29 is 47.4 Å². The number of amides is 3. The third-order valence-electron chi connectivity index (χ3n) is 17.7. The first-order chi connectivity index (χ1) is 41.2. The molecule has 3 N–H and O–H groups in total. The van der Waals surface area contributed by atoms with Crippen molar-refractivity contribution in [1.29, 1.82) is 0 Å². The van der Waals surface area contributed by atoms with Crippen LogP contribution in [0.3, 0.4) is 0 Å². The lowest BCUT2D eigenvalue weighted by molar-refractivity contribution is -0.141. The van der Waals surface area contributed by atoms with E-state index in [1.54, 1.807) is 11.3 Å². The van der Waals surface area contributed by atoms with Gasteiger partial charge in [0, 0.05) is 75.4 Å². The number of piperazine rings is 1. The Kier molecular flexibility index (Phi) is 15.9. The number of halogens is 2. The molecule has 3 amide bonds. The quantitative estimate of drug-likeness (QED) is 0.0865. The van der Waals surface area contributed by atoms with Gasteiger partial charge in [0.2, 0.25) is 11.8 Å². The van der Waals surface area contributed by atoms with E-state index in [1.165, 1.54) is 35.4 Å². The highest BCUT2D eigenvalue weighted by Gasteiger charge is 2.47. The number of carbonyl (C=O) groups excluding carboxylic acids is 3. The summed E-state index contributed by atoms with van der Waals surface area (Å²) in [6.45, 7) is 17.8. The second-order valence-electron chi connectivity index (χ2n) is 25.0. The van der Waals surface area contributed by atoms with E-state index >= 15 is 8.78 Å². The number of aromatic nitrogens is 5. The molecule has 5 saturated heterocycles. The number of nitrogens with one attached hydrogen (secondary N) is 1. The molecule has 86 heavy (non-hydrogen) atoms. The summed E-state index contributed by atoms with van der Waals surface area (Å²) in [5.41, 5.74) is 3.78. The lowest BCUT2D eigenvalue weighted by Gasteiger charge is -2.42. The van der Waals surface area contributed by atoms with Crippen LogP contribution in [0.4, 0.5) is 25.2 Å². The smallest absolute Gasteiger partial charge is 0.410 e. The average molecular weight is 1190 g/mol. The molecule has 3 aromatic carbocycles. The van der Waals surface area contributed by atoms with Gasteiger partial charge in [-0.2, -0.15) is 9.97 Å². The molecule has 8 atom stereocenters. The zero-order chi connectivity index (χ0) is 60.5. The van der Waals surface area contributed by atoms with Gasteiger partial charge in [0.05, 0.1) is 51.3 Å². The summed E-state index contributed by atoms with van der Waals surface area (Å²) < 4.78 is 50.8. The van der Waals surface area contributed by atoms with Crippen LogP contribution in [0.5, 0.6) is 11.8 Å². The third kappa shape index (κ3) is 11.4. The van der Waals surface area contributed by atoms with Crippen molar-refractivity contribution in [3.63, 3.8) is 0 Å². The number of carbonyl (C=O) groups is 3. The Labute approximate surface area is 501 Å². The molecule has 7 aromatic rings. The number of ether oxygens (including phenoxy) is 2. The number of nitrogens with zero attached hydrogens (tertiary/aromatic N) is 10. The van der Waals surface area contributed by atoms with Gasteiger partial charge in [0.1, 0.15) is 52.8 Å². The number of aromatic hydroxyl groups is 1. The fourth-order valence-corrected chi connectivity index (χ4v) is 14.4. The summed E-state index contributed by atoms with van der Waals surface area (Å²) in [5, 5.41) is 30.2. The molecule has 0 radical (unpaired) electrons. The molecule has 5 fully saturated rings. The van der Waals surface area contributed by atoms with Crippen LogP contribution in [-0.2, 0) is 14.3 Å². The Morgan fingerprint density at radius 1 is 0.930 bits per heavy atom. The molecule has 450 valence electrons. The van der Waals surface area contributed by atoms with E-state index < -0.39 is 35.3 Å². The SMILES string of the molecule is C#Cc1c(F)ccc2cc(O)cc(-c3ncc4c(N5CC6CCC(C5)N6C(=O)OC(C)(C)C)nc(OCCN5CC[C@H]6CN(c7cc(C(C(=O)N8C[C@H](O)C[C@H]8C(=O)NC(C)c8ccc(-c9scnc9C)cc8)C(C)C)on7)C[C@H]6C5)nc4c3F)c12. The van der Waals surface area contributed by atoms with E-state index in [0.29, 0.717) is 60.3 Å². The second-order valence-corrected chi connectivity index (χ2v) is 25.9. The van der Waals surface area contributed by atoms with Crippen molar-refractivity contribution in [2.24, 2.45) is 17.8 Å². The molecule has 0 spiro atoms. The third-order valence-corrected chi connectivity index (χ3v) is 18.7. The van der Waals surface area contributed by atoms with Crippen molar-refractivity contribution >= 4 is 62.6 Å². The molecule has 5 aliphatic heterocycles. The second kappa shape index (κ2) is 23.4. The van der Waals surface area contributed by atoms with Crippen molar-refractivity contribution in [3.8, 4) is 45.8 Å². The average Bonchev–Trinajstić information content (AvgIpc) is 1.05. The van der Waals surface area contributed by atoms with Gasteiger partial charge in [-0.25, -0.2) is 18.6 Å². The van der Waals surface area contributed by atoms with E-state index in [2.05, 4.69) is 41.1 Å². The molecule has 4 unspecified atom stereocenters. The highest BCUT2D eigenvalue weighted by molar-refractivity contribution is 7.13. The molecule has 12 rings (SSSR count). The number of terminal acetylenes is 1. The molecule has 0 saturated carbocycles. The fraction of sp³-hybridized carbons (Fsp3) is 0.469. The van der Waals surface area contributed by atoms with Crippen molar-refractivity contribution in [3.05, 3.63) is 101 Å². The maximum absolute atomic E-state index is 17.4. The minimum absolute atomic E-state index is 0.0260. The van der Waals surface area contributed by atoms with Gasteiger partial charge in [-0.05, 0) is 113 Å². The van der Waals surface area contributed by atoms with Crippen LogP contribution in [0, 0.1) is 48.7 Å². The van der Waals surface area contributed by atoms with Crippen molar-refractivity contribution in [1.82, 2.24) is 45.1 Å². The highest BCUT2D eigenvalue weighted by atomic mass is 32.1. The predicted molar refractivity (Wildman–Crippen MR) is 322 cm³/mol. The van der Waals surface area contributed by atoms with Crippen LogP contribution in [0.15, 0.2) is 70.8 Å². The van der Waals surface area contributed by atoms with Crippen LogP contribution in [0.2, 0.25) is 0 Å². The van der Waals surface area contributed by atoms with Crippen LogP contribution in [-0.4, -0.2) is 157 Å². The number of aryl methyl sites for hydroxylation is 1. The standard InChI is InChI=1S/C64H71F2N11O8S/c1-9-46-49(65)17-14-39-22-44(78)23-47(54(39)46)56-55(66)57-48(26-67-56)59(75-30-42-15-16-43(31-75)77(42)63(82)84-64(6,7)8)71-62(70-57)83-21-20-73-19-18-40-28-74(29-41(40)27-73)52-25-51(85-72-52)53(34(2)3)61(81)76-32-45(79)24-50(76)60(80)69-35(4)37-10-12-38(13-11-37)58-36(5)68-33-86-58/h1,10-14,17,22-23,25-26,33-35,40-43,45,50,53,78-79H,15-16,18-21,24,27-32H2,2-8H3,(H,69,80)/t35?,40-,41+,42?,43?,45+,50-,53?/m0/s1. The zero-order valence-corrected chi connectivity index (χ0v) is 50.1. The number of thiazole rings is 1. The number of phenols is 1. The summed E-state index contributed by atoms with van der Waals surface area (Å²) in [6.07, 6.45) is 8.57. The molecule has 0 aliphatic carbocycles. The Hall–Kier alpha value is -8.00. The molecular weight excluding hydrogens is 1120 g/mol. The largest absolute Gasteiger partial charge is 0.508 e. The molecule has 5 aliphatic rings. The topological polar surface area (TPSA) is 216 Å². The Morgan fingerprint density at radius 2 is 1.69 bits per heavy atom. The Morgan fingerprint density at radius 3 is 2.40 bits per heavy atom. The number of piperidine rings is 1. The lowest BCUT2D eigenvalue weighted by Crippen LogP contribution is -2.57. The lowest BCUT2D eigenvalue weighted by atomic mass is 9.89. The van der Waals surface area contributed by atoms with Gasteiger partial charge in [-0.1, -0.05) is 55.3 Å². The number of fused-ring (bicyclic) bond motifs is 5. The fourth-order valence-electron chi connectivity index (χ4n) is 13.5. The number of benzene rings is 3. The van der Waals surface area contributed by atoms with E-state index in [9.17, 15) is 24.6 Å². The highest BCUT2D eigenvalue weighted by Crippen LogP contribution is 2.42. The number of anilines is 2. The summed E-state index contributed by atoms with van der Waals surface area (Å²) in [4.78, 5) is 71.5. The zero-order valence-electron chi connectivity index (χ0n) is 49.3. The molecule has 22 heteroatoms. The summed E-state index contributed by atoms with van der Waals surface area (Å²) in [5.74, 6) is 1.20. The molecule has 19 nitrogen and oxygen atoms in total. The minimum atomic E-state index is -0.865. The number of phenolic OH excluding ortho intramolecular Hbond substituents is 1. The van der Waals surface area contributed by atoms with Crippen LogP contribution in [0.25, 0.3) is 43.4 Å². The summed E-state index contributed by atoms with van der Waals surface area (Å²) >= 11 is 1.58. The van der Waals surface area contributed by atoms with E-state index in [1.807, 2.05) is 94.1 Å². The maximum atomic E-state index is 17.4. The molecular formula is C64H71F2N11O8S. The van der Waals surface area contributed by atoms with Crippen LogP contribution in [0.1, 0.15) is 102 Å². The Balaban J connectivity index is 0.722. The van der Waals surface area contributed by atoms with Gasteiger partial charge in [0.25, 0.3) is 0 Å². The monoisotopic (exact) mass is 1190 g/mol. The van der Waals surface area contributed by atoms with Crippen molar-refractivity contribution in [2.75, 3.05) is 68.8 Å². The van der Waals surface area contributed by atoms with Crippen LogP contribution < -0.4 is 19.9 Å². The Bertz CT molecular complexity index is 3780. The van der Waals surface area contributed by atoms with Gasteiger partial charge in [-0.3, -0.25) is 24.4 Å². The van der Waals surface area contributed by atoms with Gasteiger partial charge >= 0.3 is 12.1 Å². The number of aliphatic hydroxyl groups is 1. The van der Waals surface area contributed by atoms with E-state index in [4.69, 9.17) is 25.4 Å². The normalized spacial score (nSPS) is 22.2. The number of β-amino-alcohol motifs (C(OH)–C–C–N with tert-alkyl or cyclic N) is 1. The van der Waals surface area contributed by atoms with Crippen LogP contribution >= 0.6 is 11.3 Å².